The fraction of sp³-hybridized carbons (Fsp3) is 0.923. The van der Waals surface area contributed by atoms with Crippen LogP contribution in [0.15, 0.2) is 0 Å². The molecule has 18 heavy (non-hydrogen) atoms. The van der Waals surface area contributed by atoms with E-state index in [1.807, 2.05) is 0 Å². The summed E-state index contributed by atoms with van der Waals surface area (Å²) in [7, 11) is 0. The Kier molecular flexibility index (Phi) is 4.59. The van der Waals surface area contributed by atoms with Gasteiger partial charge in [-0.15, -0.1) is 0 Å². The molecule has 2 rings (SSSR count). The van der Waals surface area contributed by atoms with Gasteiger partial charge in [-0.25, -0.2) is 0 Å². The molecule has 5 heteroatoms. The second-order valence-electron chi connectivity index (χ2n) is 5.61. The third-order valence-electron chi connectivity index (χ3n) is 3.98. The summed E-state index contributed by atoms with van der Waals surface area (Å²) in [6.45, 7) is 4.13. The van der Waals surface area contributed by atoms with Gasteiger partial charge in [0.1, 0.15) is 0 Å². The first-order valence-corrected chi connectivity index (χ1v) is 6.87. The summed E-state index contributed by atoms with van der Waals surface area (Å²) < 4.78 is 10.7. The molecule has 1 saturated heterocycles. The van der Waals surface area contributed by atoms with Crippen LogP contribution in [0.1, 0.15) is 32.6 Å². The lowest BCUT2D eigenvalue weighted by Gasteiger charge is -2.41. The fourth-order valence-electron chi connectivity index (χ4n) is 2.99. The van der Waals surface area contributed by atoms with Crippen molar-refractivity contribution in [3.63, 3.8) is 0 Å². The largest absolute Gasteiger partial charge is 0.376 e. The number of ether oxygens (including phenoxy) is 2. The van der Waals surface area contributed by atoms with E-state index in [0.29, 0.717) is 32.3 Å². The van der Waals surface area contributed by atoms with Crippen molar-refractivity contribution in [3.8, 4) is 0 Å². The highest BCUT2D eigenvalue weighted by Crippen LogP contribution is 2.31. The zero-order chi connectivity index (χ0) is 13.0. The molecule has 3 N–H and O–H groups in total. The summed E-state index contributed by atoms with van der Waals surface area (Å²) >= 11 is 0. The van der Waals surface area contributed by atoms with Crippen molar-refractivity contribution < 1.29 is 14.3 Å². The first-order chi connectivity index (χ1) is 8.65. The Hall–Kier alpha value is -0.650. The second kappa shape index (κ2) is 5.99. The number of amides is 1. The average molecular weight is 256 g/mol. The molecule has 1 aliphatic heterocycles. The molecule has 1 aliphatic carbocycles. The van der Waals surface area contributed by atoms with Crippen molar-refractivity contribution in [3.05, 3.63) is 0 Å². The van der Waals surface area contributed by atoms with E-state index < -0.39 is 6.10 Å². The maximum atomic E-state index is 12.2. The first kappa shape index (κ1) is 13.8. The predicted molar refractivity (Wildman–Crippen MR) is 68.1 cm³/mol. The van der Waals surface area contributed by atoms with E-state index in [9.17, 15) is 4.79 Å². The van der Waals surface area contributed by atoms with Gasteiger partial charge in [0.15, 0.2) is 6.10 Å². The van der Waals surface area contributed by atoms with Gasteiger partial charge in [0.25, 0.3) is 5.91 Å². The number of nitrogens with two attached hydrogens (primary N) is 1. The van der Waals surface area contributed by atoms with E-state index in [2.05, 4.69) is 12.2 Å². The third kappa shape index (κ3) is 3.22. The van der Waals surface area contributed by atoms with Crippen molar-refractivity contribution in [2.75, 3.05) is 26.4 Å². The van der Waals surface area contributed by atoms with Crippen molar-refractivity contribution in [2.45, 2.75) is 44.2 Å². The van der Waals surface area contributed by atoms with Crippen LogP contribution in [0.4, 0.5) is 0 Å². The number of rotatable bonds is 3. The van der Waals surface area contributed by atoms with Crippen molar-refractivity contribution in [1.29, 1.82) is 0 Å². The molecule has 0 spiro atoms. The number of carbonyl (C=O) groups excluding carboxylic acids is 1. The van der Waals surface area contributed by atoms with E-state index in [-0.39, 0.29) is 11.4 Å². The van der Waals surface area contributed by atoms with E-state index in [0.717, 1.165) is 19.3 Å². The Morgan fingerprint density at radius 3 is 2.94 bits per heavy atom. The molecule has 1 saturated carbocycles. The smallest absolute Gasteiger partial charge is 0.252 e. The van der Waals surface area contributed by atoms with Crippen LogP contribution in [-0.2, 0) is 14.3 Å². The van der Waals surface area contributed by atoms with Gasteiger partial charge < -0.3 is 20.5 Å². The molecule has 1 heterocycles. The van der Waals surface area contributed by atoms with Crippen LogP contribution in [0, 0.1) is 5.92 Å². The first-order valence-electron chi connectivity index (χ1n) is 6.87. The van der Waals surface area contributed by atoms with Crippen LogP contribution < -0.4 is 11.1 Å². The molecule has 2 aliphatic rings. The van der Waals surface area contributed by atoms with Gasteiger partial charge in [-0.1, -0.05) is 19.8 Å². The van der Waals surface area contributed by atoms with Gasteiger partial charge in [0.2, 0.25) is 0 Å². The lowest BCUT2D eigenvalue weighted by molar-refractivity contribution is -0.149. The minimum Gasteiger partial charge on any atom is -0.376 e. The van der Waals surface area contributed by atoms with Gasteiger partial charge in [0, 0.05) is 6.54 Å². The van der Waals surface area contributed by atoms with Crippen LogP contribution in [0.5, 0.6) is 0 Å². The normalized spacial score (nSPS) is 37.2. The Morgan fingerprint density at radius 1 is 1.50 bits per heavy atom. The average Bonchev–Trinajstić information content (AvgIpc) is 2.39. The predicted octanol–water partition coefficient (Wildman–Crippen LogP) is 0.426. The van der Waals surface area contributed by atoms with E-state index in [4.69, 9.17) is 15.2 Å². The number of carbonyl (C=O) groups is 1. The lowest BCUT2D eigenvalue weighted by atomic mass is 9.76. The van der Waals surface area contributed by atoms with E-state index in [1.54, 1.807) is 0 Å². The van der Waals surface area contributed by atoms with Gasteiger partial charge in [-0.2, -0.15) is 0 Å². The van der Waals surface area contributed by atoms with Gasteiger partial charge in [-0.05, 0) is 18.8 Å². The van der Waals surface area contributed by atoms with Crippen molar-refractivity contribution in [1.82, 2.24) is 5.32 Å². The molecule has 0 bridgehead atoms. The highest BCUT2D eigenvalue weighted by atomic mass is 16.6. The number of hydrogen-bond donors (Lipinski definition) is 2. The lowest BCUT2D eigenvalue weighted by Crippen LogP contribution is -2.59. The number of hydrogen-bond acceptors (Lipinski definition) is 4. The van der Waals surface area contributed by atoms with Crippen LogP contribution in [0.25, 0.3) is 0 Å². The molecule has 1 amide bonds. The summed E-state index contributed by atoms with van der Waals surface area (Å²) in [4.78, 5) is 12.2. The molecule has 104 valence electrons. The fourth-order valence-corrected chi connectivity index (χ4v) is 2.99. The molecule has 0 aromatic carbocycles. The third-order valence-corrected chi connectivity index (χ3v) is 3.98. The summed E-state index contributed by atoms with van der Waals surface area (Å²) in [5, 5.41) is 3.11. The number of nitrogens with one attached hydrogen (secondary N) is 1. The SMILES string of the molecule is CC1CCCC(CN)(NC(=O)C2COCCO2)C1. The zero-order valence-corrected chi connectivity index (χ0v) is 11.1. The highest BCUT2D eigenvalue weighted by Gasteiger charge is 2.37. The maximum Gasteiger partial charge on any atom is 0.252 e. The minimum atomic E-state index is -0.473. The van der Waals surface area contributed by atoms with Crippen LogP contribution in [0.2, 0.25) is 0 Å². The Morgan fingerprint density at radius 2 is 2.33 bits per heavy atom. The van der Waals surface area contributed by atoms with Gasteiger partial charge >= 0.3 is 0 Å². The van der Waals surface area contributed by atoms with Crippen LogP contribution in [-0.4, -0.2) is 43.9 Å². The highest BCUT2D eigenvalue weighted by molar-refractivity contribution is 5.81. The van der Waals surface area contributed by atoms with E-state index in [1.165, 1.54) is 6.42 Å². The van der Waals surface area contributed by atoms with Crippen LogP contribution in [0.3, 0.4) is 0 Å². The summed E-state index contributed by atoms with van der Waals surface area (Å²) in [5.74, 6) is 0.542. The molecule has 0 aromatic heterocycles. The standard InChI is InChI=1S/C13H24N2O3/c1-10-3-2-4-13(7-10,9-14)15-12(16)11-8-17-5-6-18-11/h10-11H,2-9,14H2,1H3,(H,15,16). The monoisotopic (exact) mass is 256 g/mol. The maximum absolute atomic E-state index is 12.2. The molecule has 0 aromatic rings. The van der Waals surface area contributed by atoms with Gasteiger partial charge in [0.05, 0.1) is 25.4 Å². The Bertz CT molecular complexity index is 292. The Labute approximate surface area is 108 Å². The molecule has 0 radical (unpaired) electrons. The summed E-state index contributed by atoms with van der Waals surface area (Å²) in [5.41, 5.74) is 5.65. The quantitative estimate of drug-likeness (QED) is 0.768. The minimum absolute atomic E-state index is 0.0748. The molecular weight excluding hydrogens is 232 g/mol. The summed E-state index contributed by atoms with van der Waals surface area (Å²) in [6.07, 6.45) is 3.80. The van der Waals surface area contributed by atoms with Gasteiger partial charge in [-0.3, -0.25) is 4.79 Å². The molecule has 2 fully saturated rings. The molecule has 3 unspecified atom stereocenters. The molecule has 3 atom stereocenters. The molecule has 5 nitrogen and oxygen atoms in total. The van der Waals surface area contributed by atoms with Crippen LogP contribution >= 0.6 is 0 Å². The van der Waals surface area contributed by atoms with Crippen molar-refractivity contribution in [2.24, 2.45) is 11.7 Å². The summed E-state index contributed by atoms with van der Waals surface area (Å²) in [6, 6.07) is 0. The topological polar surface area (TPSA) is 73.6 Å². The van der Waals surface area contributed by atoms with Crippen molar-refractivity contribution >= 4 is 5.91 Å². The zero-order valence-electron chi connectivity index (χ0n) is 11.1. The van der Waals surface area contributed by atoms with E-state index >= 15 is 0 Å². The Balaban J connectivity index is 1.94. The second-order valence-corrected chi connectivity index (χ2v) is 5.61. The molecular formula is C13H24N2O3.